The van der Waals surface area contributed by atoms with Gasteiger partial charge in [0.2, 0.25) is 0 Å². The van der Waals surface area contributed by atoms with E-state index in [1.54, 1.807) is 13.1 Å². The number of nitrogens with zero attached hydrogens (tertiary/aromatic N) is 1. The molecule has 3 rings (SSSR count). The summed E-state index contributed by atoms with van der Waals surface area (Å²) in [7, 11) is 1.66. The van der Waals surface area contributed by atoms with Gasteiger partial charge < -0.3 is 15.0 Å². The number of carbonyl (C=O) groups is 2. The van der Waals surface area contributed by atoms with Crippen LogP contribution in [0, 0.1) is 6.92 Å². The first-order valence-electron chi connectivity index (χ1n) is 8.26. The molecule has 0 radical (unpaired) electrons. The van der Waals surface area contributed by atoms with Crippen molar-refractivity contribution in [2.75, 3.05) is 11.9 Å². The molecule has 2 aromatic rings. The monoisotopic (exact) mass is 338 g/mol. The van der Waals surface area contributed by atoms with Gasteiger partial charge in [0.15, 0.2) is 0 Å². The first-order chi connectivity index (χ1) is 11.8. The lowest BCUT2D eigenvalue weighted by molar-refractivity contribution is -0.148. The minimum atomic E-state index is -1.60. The highest BCUT2D eigenvalue weighted by atomic mass is 16.5. The molecular formula is C20H22N2O3. The van der Waals surface area contributed by atoms with Crippen molar-refractivity contribution in [2.45, 2.75) is 32.4 Å². The van der Waals surface area contributed by atoms with Gasteiger partial charge in [0.25, 0.3) is 17.4 Å². The topological polar surface area (TPSA) is 58.6 Å². The molecule has 2 atom stereocenters. The van der Waals surface area contributed by atoms with Crippen LogP contribution in [0.1, 0.15) is 31.0 Å². The molecule has 25 heavy (non-hydrogen) atoms. The highest BCUT2D eigenvalue weighted by molar-refractivity contribution is 6.16. The first kappa shape index (κ1) is 17.0. The second-order valence-corrected chi connectivity index (χ2v) is 6.58. The normalized spacial score (nSPS) is 20.5. The molecule has 0 saturated carbocycles. The van der Waals surface area contributed by atoms with E-state index in [4.69, 9.17) is 4.74 Å². The molecule has 5 heteroatoms. The smallest absolute Gasteiger partial charge is 0.280 e. The van der Waals surface area contributed by atoms with Crippen molar-refractivity contribution in [3.8, 4) is 5.75 Å². The molecule has 2 aromatic carbocycles. The van der Waals surface area contributed by atoms with Crippen molar-refractivity contribution < 1.29 is 14.3 Å². The zero-order valence-corrected chi connectivity index (χ0v) is 14.9. The Morgan fingerprint density at radius 1 is 1.20 bits per heavy atom. The van der Waals surface area contributed by atoms with E-state index in [0.717, 1.165) is 11.1 Å². The lowest BCUT2D eigenvalue weighted by Gasteiger charge is -2.38. The number of nitrogens with one attached hydrogen (secondary N) is 1. The van der Waals surface area contributed by atoms with Crippen LogP contribution in [0.15, 0.2) is 48.5 Å². The average Bonchev–Trinajstić information content (AvgIpc) is 2.61. The van der Waals surface area contributed by atoms with Gasteiger partial charge in [-0.25, -0.2) is 0 Å². The third-order valence-corrected chi connectivity index (χ3v) is 4.58. The number of rotatable bonds is 3. The van der Waals surface area contributed by atoms with Crippen LogP contribution in [0.25, 0.3) is 0 Å². The quantitative estimate of drug-likeness (QED) is 0.875. The Balaban J connectivity index is 1.87. The zero-order valence-electron chi connectivity index (χ0n) is 14.9. The minimum absolute atomic E-state index is 0.230. The standard InChI is InChI=1S/C20H22N2O3/c1-13-10-11-17-16(12-13)22(4)19(24)20(3,25-17)18(23)21-14(2)15-8-6-5-7-9-15/h5-12,14H,1-4H3,(H,21,23). The number of benzene rings is 2. The molecule has 0 aliphatic carbocycles. The van der Waals surface area contributed by atoms with Crippen LogP contribution in [0.2, 0.25) is 0 Å². The van der Waals surface area contributed by atoms with Crippen molar-refractivity contribution in [3.05, 3.63) is 59.7 Å². The van der Waals surface area contributed by atoms with Crippen molar-refractivity contribution in [1.82, 2.24) is 5.32 Å². The molecule has 1 aliphatic heterocycles. The lowest BCUT2D eigenvalue weighted by atomic mass is 9.98. The van der Waals surface area contributed by atoms with Gasteiger partial charge in [-0.05, 0) is 44.0 Å². The van der Waals surface area contributed by atoms with Crippen LogP contribution in [0.3, 0.4) is 0 Å². The summed E-state index contributed by atoms with van der Waals surface area (Å²) >= 11 is 0. The van der Waals surface area contributed by atoms with Crippen molar-refractivity contribution in [1.29, 1.82) is 0 Å². The maximum atomic E-state index is 12.9. The fourth-order valence-corrected chi connectivity index (χ4v) is 2.97. The van der Waals surface area contributed by atoms with Gasteiger partial charge in [0.05, 0.1) is 11.7 Å². The molecule has 0 aromatic heterocycles. The largest absolute Gasteiger partial charge is 0.466 e. The van der Waals surface area contributed by atoms with E-state index < -0.39 is 11.5 Å². The minimum Gasteiger partial charge on any atom is -0.466 e. The van der Waals surface area contributed by atoms with E-state index in [0.29, 0.717) is 11.4 Å². The summed E-state index contributed by atoms with van der Waals surface area (Å²) in [6.45, 7) is 5.34. The fourth-order valence-electron chi connectivity index (χ4n) is 2.97. The molecule has 2 amide bonds. The molecule has 0 bridgehead atoms. The molecule has 0 spiro atoms. The summed E-state index contributed by atoms with van der Waals surface area (Å²) in [5.41, 5.74) is 1.06. The second-order valence-electron chi connectivity index (χ2n) is 6.58. The summed E-state index contributed by atoms with van der Waals surface area (Å²) in [4.78, 5) is 27.2. The summed E-state index contributed by atoms with van der Waals surface area (Å²) in [6, 6.07) is 14.9. The number of aryl methyl sites for hydroxylation is 1. The Labute approximate surface area is 147 Å². The van der Waals surface area contributed by atoms with Gasteiger partial charge in [-0.1, -0.05) is 36.4 Å². The van der Waals surface area contributed by atoms with Gasteiger partial charge in [-0.2, -0.15) is 0 Å². The number of likely N-dealkylation sites (N-methyl/N-ethyl adjacent to an activating group) is 1. The predicted octanol–water partition coefficient (Wildman–Crippen LogP) is 2.99. The SMILES string of the molecule is Cc1ccc2c(c1)N(C)C(=O)C(C)(C(=O)NC(C)c1ccccc1)O2. The number of carbonyl (C=O) groups excluding carboxylic acids is 2. The summed E-state index contributed by atoms with van der Waals surface area (Å²) in [5, 5.41) is 2.89. The lowest BCUT2D eigenvalue weighted by Crippen LogP contribution is -2.61. The number of hydrogen-bond donors (Lipinski definition) is 1. The molecule has 1 aliphatic rings. The third kappa shape index (κ3) is 2.97. The first-order valence-corrected chi connectivity index (χ1v) is 8.26. The van der Waals surface area contributed by atoms with Crippen LogP contribution in [-0.4, -0.2) is 24.5 Å². The van der Waals surface area contributed by atoms with Crippen molar-refractivity contribution in [2.24, 2.45) is 0 Å². The third-order valence-electron chi connectivity index (χ3n) is 4.58. The Hall–Kier alpha value is -2.82. The average molecular weight is 338 g/mol. The van der Waals surface area contributed by atoms with Gasteiger partial charge >= 0.3 is 0 Å². The van der Waals surface area contributed by atoms with Crippen LogP contribution >= 0.6 is 0 Å². The van der Waals surface area contributed by atoms with Gasteiger partial charge in [-0.3, -0.25) is 9.59 Å². The van der Waals surface area contributed by atoms with Gasteiger partial charge in [0, 0.05) is 7.05 Å². The maximum Gasteiger partial charge on any atom is 0.280 e. The highest BCUT2D eigenvalue weighted by Crippen LogP contribution is 2.37. The van der Waals surface area contributed by atoms with E-state index in [1.807, 2.05) is 56.3 Å². The number of amides is 2. The highest BCUT2D eigenvalue weighted by Gasteiger charge is 2.50. The molecule has 0 saturated heterocycles. The molecule has 0 fully saturated rings. The zero-order chi connectivity index (χ0) is 18.2. The van der Waals surface area contributed by atoms with Crippen molar-refractivity contribution >= 4 is 17.5 Å². The predicted molar refractivity (Wildman–Crippen MR) is 96.6 cm³/mol. The number of ether oxygens (including phenoxy) is 1. The summed E-state index contributed by atoms with van der Waals surface area (Å²) in [6.07, 6.45) is 0. The Bertz CT molecular complexity index is 819. The molecule has 2 unspecified atom stereocenters. The van der Waals surface area contributed by atoms with E-state index in [1.165, 1.54) is 11.8 Å². The van der Waals surface area contributed by atoms with Crippen molar-refractivity contribution in [3.63, 3.8) is 0 Å². The van der Waals surface area contributed by atoms with Crippen LogP contribution < -0.4 is 15.0 Å². The molecule has 5 nitrogen and oxygen atoms in total. The Morgan fingerprint density at radius 2 is 1.88 bits per heavy atom. The van der Waals surface area contributed by atoms with Crippen LogP contribution in [-0.2, 0) is 9.59 Å². The van der Waals surface area contributed by atoms with E-state index in [2.05, 4.69) is 5.32 Å². The Kier molecular flexibility index (Phi) is 4.25. The van der Waals surface area contributed by atoms with E-state index in [9.17, 15) is 9.59 Å². The Morgan fingerprint density at radius 3 is 2.56 bits per heavy atom. The molecule has 1 heterocycles. The maximum absolute atomic E-state index is 12.9. The van der Waals surface area contributed by atoms with E-state index >= 15 is 0 Å². The fraction of sp³-hybridized carbons (Fsp3) is 0.300. The number of anilines is 1. The number of fused-ring (bicyclic) bond motifs is 1. The van der Waals surface area contributed by atoms with Crippen LogP contribution in [0.4, 0.5) is 5.69 Å². The van der Waals surface area contributed by atoms with Gasteiger partial charge in [-0.15, -0.1) is 0 Å². The molecule has 130 valence electrons. The molecule has 1 N–H and O–H groups in total. The van der Waals surface area contributed by atoms with E-state index in [-0.39, 0.29) is 11.9 Å². The second kappa shape index (κ2) is 6.24. The molecular weight excluding hydrogens is 316 g/mol. The number of hydrogen-bond acceptors (Lipinski definition) is 3. The summed E-state index contributed by atoms with van der Waals surface area (Å²) in [5.74, 6) is -0.312. The summed E-state index contributed by atoms with van der Waals surface area (Å²) < 4.78 is 5.85. The van der Waals surface area contributed by atoms with Gasteiger partial charge in [0.1, 0.15) is 5.75 Å². The van der Waals surface area contributed by atoms with Crippen LogP contribution in [0.5, 0.6) is 5.75 Å².